The van der Waals surface area contributed by atoms with Crippen LogP contribution in [0.4, 0.5) is 13.2 Å². The van der Waals surface area contributed by atoms with E-state index in [0.717, 1.165) is 5.56 Å². The Hall–Kier alpha value is -0.650. The first kappa shape index (κ1) is 16.4. The van der Waals surface area contributed by atoms with Crippen LogP contribution >= 0.6 is 23.2 Å². The third kappa shape index (κ3) is 6.89. The number of ether oxygens (including phenoxy) is 2. The minimum Gasteiger partial charge on any atom is -0.492 e. The third-order valence-electron chi connectivity index (χ3n) is 2.11. The van der Waals surface area contributed by atoms with Crippen LogP contribution in [0.5, 0.6) is 5.75 Å². The molecule has 0 amide bonds. The van der Waals surface area contributed by atoms with Crippen LogP contribution in [-0.2, 0) is 10.6 Å². The molecule has 1 rings (SSSR count). The molecule has 0 radical (unpaired) electrons. The van der Waals surface area contributed by atoms with Crippen LogP contribution in [0.15, 0.2) is 18.2 Å². The Morgan fingerprint density at radius 2 is 1.89 bits per heavy atom. The highest BCUT2D eigenvalue weighted by Gasteiger charge is 2.27. The average Bonchev–Trinajstić information content (AvgIpc) is 2.33. The van der Waals surface area contributed by atoms with Gasteiger partial charge in [0.05, 0.1) is 18.2 Å². The summed E-state index contributed by atoms with van der Waals surface area (Å²) in [6.45, 7) is -1.02. The predicted octanol–water partition coefficient (Wildman–Crippen LogP) is 4.43. The normalized spacial score (nSPS) is 11.6. The largest absolute Gasteiger partial charge is 0.492 e. The number of benzene rings is 1. The topological polar surface area (TPSA) is 18.5 Å². The van der Waals surface area contributed by atoms with Gasteiger partial charge in [-0.3, -0.25) is 0 Å². The highest BCUT2D eigenvalue weighted by molar-refractivity contribution is 6.32. The van der Waals surface area contributed by atoms with Gasteiger partial charge in [-0.25, -0.2) is 0 Å². The lowest BCUT2D eigenvalue weighted by molar-refractivity contribution is -0.174. The SMILES string of the molecule is FC(F)(F)COCCCOc1ccc(CCl)cc1Cl. The van der Waals surface area contributed by atoms with E-state index in [-0.39, 0.29) is 13.2 Å². The summed E-state index contributed by atoms with van der Waals surface area (Å²) in [5.74, 6) is 0.831. The number of hydrogen-bond donors (Lipinski definition) is 0. The predicted molar refractivity (Wildman–Crippen MR) is 68.0 cm³/mol. The third-order valence-corrected chi connectivity index (χ3v) is 2.71. The fourth-order valence-electron chi connectivity index (χ4n) is 1.28. The average molecular weight is 317 g/mol. The van der Waals surface area contributed by atoms with E-state index < -0.39 is 12.8 Å². The van der Waals surface area contributed by atoms with Crippen molar-refractivity contribution in [2.75, 3.05) is 19.8 Å². The fraction of sp³-hybridized carbons (Fsp3) is 0.500. The van der Waals surface area contributed by atoms with Crippen LogP contribution in [-0.4, -0.2) is 26.0 Å². The van der Waals surface area contributed by atoms with Gasteiger partial charge in [0, 0.05) is 12.3 Å². The molecule has 2 nitrogen and oxygen atoms in total. The molecule has 0 unspecified atom stereocenters. The van der Waals surface area contributed by atoms with Crippen molar-refractivity contribution in [2.24, 2.45) is 0 Å². The van der Waals surface area contributed by atoms with E-state index >= 15 is 0 Å². The van der Waals surface area contributed by atoms with Gasteiger partial charge in [-0.1, -0.05) is 17.7 Å². The molecule has 0 aliphatic rings. The van der Waals surface area contributed by atoms with Crippen LogP contribution in [0.25, 0.3) is 0 Å². The number of alkyl halides is 4. The van der Waals surface area contributed by atoms with Crippen LogP contribution in [0.2, 0.25) is 5.02 Å². The lowest BCUT2D eigenvalue weighted by atomic mass is 10.2. The van der Waals surface area contributed by atoms with Gasteiger partial charge < -0.3 is 9.47 Å². The summed E-state index contributed by atoms with van der Waals surface area (Å²) in [5.41, 5.74) is 0.868. The second kappa shape index (κ2) is 7.82. The molecule has 0 saturated carbocycles. The highest BCUT2D eigenvalue weighted by atomic mass is 35.5. The Morgan fingerprint density at radius 1 is 1.16 bits per heavy atom. The smallest absolute Gasteiger partial charge is 0.411 e. The van der Waals surface area contributed by atoms with Crippen molar-refractivity contribution >= 4 is 23.2 Å². The molecule has 0 saturated heterocycles. The lowest BCUT2D eigenvalue weighted by Crippen LogP contribution is -2.18. The molecule has 7 heteroatoms. The van der Waals surface area contributed by atoms with Gasteiger partial charge in [0.2, 0.25) is 0 Å². The second-order valence-corrected chi connectivity index (χ2v) is 4.44. The first-order valence-electron chi connectivity index (χ1n) is 5.54. The van der Waals surface area contributed by atoms with Crippen LogP contribution in [0.1, 0.15) is 12.0 Å². The Morgan fingerprint density at radius 3 is 2.47 bits per heavy atom. The molecule has 1 aromatic carbocycles. The summed E-state index contributed by atoms with van der Waals surface area (Å²) in [5, 5.41) is 0.425. The van der Waals surface area contributed by atoms with E-state index in [1.165, 1.54) is 0 Å². The fourth-order valence-corrected chi connectivity index (χ4v) is 1.70. The summed E-state index contributed by atoms with van der Waals surface area (Å²) in [4.78, 5) is 0. The van der Waals surface area contributed by atoms with Crippen molar-refractivity contribution in [1.29, 1.82) is 0 Å². The minimum absolute atomic E-state index is 0.0170. The Bertz CT molecular complexity index is 397. The van der Waals surface area contributed by atoms with Gasteiger partial charge in [-0.15, -0.1) is 11.6 Å². The zero-order valence-electron chi connectivity index (χ0n) is 9.97. The molecule has 0 aromatic heterocycles. The molecule has 0 N–H and O–H groups in total. The molecule has 108 valence electrons. The number of halogens is 5. The van der Waals surface area contributed by atoms with Gasteiger partial charge in [-0.05, 0) is 17.7 Å². The van der Waals surface area contributed by atoms with Crippen molar-refractivity contribution in [2.45, 2.75) is 18.5 Å². The maximum absolute atomic E-state index is 11.8. The maximum atomic E-state index is 11.8. The van der Waals surface area contributed by atoms with Crippen molar-refractivity contribution in [3.8, 4) is 5.75 Å². The summed E-state index contributed by atoms with van der Waals surface area (Å²) in [6.07, 6.45) is -3.94. The molecule has 1 aromatic rings. The zero-order chi connectivity index (χ0) is 14.3. The first-order valence-corrected chi connectivity index (χ1v) is 6.45. The Kier molecular flexibility index (Phi) is 6.75. The minimum atomic E-state index is -4.29. The van der Waals surface area contributed by atoms with Crippen molar-refractivity contribution in [3.63, 3.8) is 0 Å². The molecule has 19 heavy (non-hydrogen) atoms. The van der Waals surface area contributed by atoms with Gasteiger partial charge >= 0.3 is 6.18 Å². The number of rotatable bonds is 7. The molecule has 0 aliphatic carbocycles. The summed E-state index contributed by atoms with van der Waals surface area (Å²) in [6, 6.07) is 5.13. The van der Waals surface area contributed by atoms with Crippen molar-refractivity contribution in [3.05, 3.63) is 28.8 Å². The zero-order valence-corrected chi connectivity index (χ0v) is 11.5. The van der Waals surface area contributed by atoms with Gasteiger partial charge in [0.15, 0.2) is 0 Å². The Balaban J connectivity index is 2.23. The summed E-state index contributed by atoms with van der Waals surface area (Å²) < 4.78 is 45.1. The standard InChI is InChI=1S/C12H13Cl2F3O2/c13-7-9-2-3-11(10(14)6-9)19-5-1-4-18-8-12(15,16)17/h2-3,6H,1,4-5,7-8H2. The summed E-state index contributed by atoms with van der Waals surface area (Å²) in [7, 11) is 0. The molecule has 0 heterocycles. The van der Waals surface area contributed by atoms with Crippen molar-refractivity contribution in [1.82, 2.24) is 0 Å². The van der Waals surface area contributed by atoms with Crippen molar-refractivity contribution < 1.29 is 22.6 Å². The molecule has 0 bridgehead atoms. The quantitative estimate of drug-likeness (QED) is 0.547. The van der Waals surface area contributed by atoms with Crippen LogP contribution in [0, 0.1) is 0 Å². The second-order valence-electron chi connectivity index (χ2n) is 3.77. The van der Waals surface area contributed by atoms with Gasteiger partial charge in [0.1, 0.15) is 12.4 Å². The van der Waals surface area contributed by atoms with E-state index in [2.05, 4.69) is 4.74 Å². The van der Waals surface area contributed by atoms with Crippen LogP contribution in [0.3, 0.4) is 0 Å². The van der Waals surface area contributed by atoms with E-state index in [9.17, 15) is 13.2 Å². The van der Waals surface area contributed by atoms with Crippen LogP contribution < -0.4 is 4.74 Å². The molecular formula is C12H13Cl2F3O2. The van der Waals surface area contributed by atoms with E-state index in [0.29, 0.717) is 23.1 Å². The molecule has 0 aliphatic heterocycles. The van der Waals surface area contributed by atoms with Gasteiger partial charge in [0.25, 0.3) is 0 Å². The lowest BCUT2D eigenvalue weighted by Gasteiger charge is -2.10. The monoisotopic (exact) mass is 316 g/mol. The Labute approximate surface area is 119 Å². The maximum Gasteiger partial charge on any atom is 0.411 e. The highest BCUT2D eigenvalue weighted by Crippen LogP contribution is 2.26. The van der Waals surface area contributed by atoms with E-state index in [1.807, 2.05) is 0 Å². The molecule has 0 spiro atoms. The molecular weight excluding hydrogens is 304 g/mol. The van der Waals surface area contributed by atoms with E-state index in [4.69, 9.17) is 27.9 Å². The molecule has 0 atom stereocenters. The number of hydrogen-bond acceptors (Lipinski definition) is 2. The first-order chi connectivity index (χ1) is 8.92. The van der Waals surface area contributed by atoms with Gasteiger partial charge in [-0.2, -0.15) is 13.2 Å². The molecule has 0 fully saturated rings. The van der Waals surface area contributed by atoms with E-state index in [1.54, 1.807) is 18.2 Å². The summed E-state index contributed by atoms with van der Waals surface area (Å²) >= 11 is 11.6.